The van der Waals surface area contributed by atoms with E-state index < -0.39 is 7.60 Å². The molecule has 0 radical (unpaired) electrons. The van der Waals surface area contributed by atoms with Gasteiger partial charge < -0.3 is 18.5 Å². The highest BCUT2D eigenvalue weighted by atomic mass is 31.2. The number of rotatable bonds is 8. The second-order valence-electron chi connectivity index (χ2n) is 4.98. The predicted octanol–water partition coefficient (Wildman–Crippen LogP) is 3.44. The molecule has 134 valence electrons. The number of benzene rings is 2. The minimum atomic E-state index is -3.61. The standard InChI is InChI=1S/C18H21O6P/c1-5-24-25(20,23-4)16-12-7-6-9-13(16)18(19)17-14(21-2)10-8-11-15(17)22-3/h6-12H,5H2,1-4H3. The first-order valence-electron chi connectivity index (χ1n) is 7.68. The van der Waals surface area contributed by atoms with Crippen molar-refractivity contribution in [3.05, 3.63) is 53.6 Å². The second-order valence-corrected chi connectivity index (χ2v) is 7.08. The van der Waals surface area contributed by atoms with Crippen LogP contribution in [0.3, 0.4) is 0 Å². The Kier molecular flexibility index (Phi) is 6.37. The highest BCUT2D eigenvalue weighted by molar-refractivity contribution is 7.62. The van der Waals surface area contributed by atoms with Gasteiger partial charge in [-0.15, -0.1) is 0 Å². The summed E-state index contributed by atoms with van der Waals surface area (Å²) in [5.74, 6) is 0.340. The van der Waals surface area contributed by atoms with E-state index in [1.54, 1.807) is 49.4 Å². The molecule has 1 atom stereocenters. The molecule has 25 heavy (non-hydrogen) atoms. The van der Waals surface area contributed by atoms with Gasteiger partial charge in [0.2, 0.25) is 5.78 Å². The lowest BCUT2D eigenvalue weighted by atomic mass is 10.0. The van der Waals surface area contributed by atoms with Crippen LogP contribution in [-0.2, 0) is 13.6 Å². The first kappa shape index (κ1) is 19.2. The van der Waals surface area contributed by atoms with Crippen molar-refractivity contribution in [2.75, 3.05) is 27.9 Å². The van der Waals surface area contributed by atoms with Crippen molar-refractivity contribution in [2.24, 2.45) is 0 Å². The molecule has 7 heteroatoms. The third-order valence-electron chi connectivity index (χ3n) is 3.64. The van der Waals surface area contributed by atoms with Gasteiger partial charge in [0, 0.05) is 12.7 Å². The molecule has 0 amide bonds. The minimum absolute atomic E-state index is 0.186. The summed E-state index contributed by atoms with van der Waals surface area (Å²) in [5.41, 5.74) is 0.461. The number of carbonyl (C=O) groups excluding carboxylic acids is 1. The van der Waals surface area contributed by atoms with Gasteiger partial charge in [0.15, 0.2) is 0 Å². The van der Waals surface area contributed by atoms with Crippen molar-refractivity contribution < 1.29 is 27.9 Å². The van der Waals surface area contributed by atoms with Gasteiger partial charge >= 0.3 is 7.60 Å². The predicted molar refractivity (Wildman–Crippen MR) is 95.3 cm³/mol. The maximum atomic E-state index is 13.2. The highest BCUT2D eigenvalue weighted by Crippen LogP contribution is 2.47. The number of methoxy groups -OCH3 is 2. The Labute approximate surface area is 147 Å². The molecule has 0 aliphatic heterocycles. The molecule has 2 rings (SSSR count). The number of hydrogen-bond donors (Lipinski definition) is 0. The van der Waals surface area contributed by atoms with E-state index in [9.17, 15) is 9.36 Å². The Bertz CT molecular complexity index is 780. The Balaban J connectivity index is 2.65. The summed E-state index contributed by atoms with van der Waals surface area (Å²) in [4.78, 5) is 13.2. The zero-order valence-corrected chi connectivity index (χ0v) is 15.5. The number of carbonyl (C=O) groups is 1. The molecule has 0 heterocycles. The van der Waals surface area contributed by atoms with Crippen LogP contribution in [-0.4, -0.2) is 33.7 Å². The van der Waals surface area contributed by atoms with Crippen LogP contribution in [0.15, 0.2) is 42.5 Å². The molecule has 0 aliphatic rings. The third-order valence-corrected chi connectivity index (χ3v) is 5.70. The van der Waals surface area contributed by atoms with Crippen LogP contribution >= 0.6 is 7.60 Å². The van der Waals surface area contributed by atoms with E-state index in [2.05, 4.69) is 0 Å². The summed E-state index contributed by atoms with van der Waals surface area (Å²) in [6.45, 7) is 1.89. The van der Waals surface area contributed by atoms with Gasteiger partial charge in [-0.1, -0.05) is 24.3 Å². The number of ether oxygens (including phenoxy) is 2. The number of hydrogen-bond acceptors (Lipinski definition) is 6. The van der Waals surface area contributed by atoms with Crippen molar-refractivity contribution in [3.63, 3.8) is 0 Å². The van der Waals surface area contributed by atoms with Gasteiger partial charge in [-0.2, -0.15) is 0 Å². The monoisotopic (exact) mass is 364 g/mol. The van der Waals surface area contributed by atoms with Crippen molar-refractivity contribution in [2.45, 2.75) is 6.92 Å². The summed E-state index contributed by atoms with van der Waals surface area (Å²) >= 11 is 0. The molecule has 1 unspecified atom stereocenters. The highest BCUT2D eigenvalue weighted by Gasteiger charge is 2.32. The molecule has 0 saturated heterocycles. The average molecular weight is 364 g/mol. The van der Waals surface area contributed by atoms with E-state index in [-0.39, 0.29) is 28.8 Å². The summed E-state index contributed by atoms with van der Waals surface area (Å²) in [6.07, 6.45) is 0. The molecule has 0 N–H and O–H groups in total. The Morgan fingerprint density at radius 3 is 2.08 bits per heavy atom. The normalized spacial score (nSPS) is 13.1. The first-order valence-corrected chi connectivity index (χ1v) is 9.22. The second kappa shape index (κ2) is 8.30. The fourth-order valence-corrected chi connectivity index (χ4v) is 4.03. The summed E-state index contributed by atoms with van der Waals surface area (Å²) < 4.78 is 34.0. The van der Waals surface area contributed by atoms with Crippen LogP contribution in [0.5, 0.6) is 11.5 Å². The fraction of sp³-hybridized carbons (Fsp3) is 0.278. The lowest BCUT2D eigenvalue weighted by Gasteiger charge is -2.19. The van der Waals surface area contributed by atoms with Gasteiger partial charge in [0.05, 0.1) is 26.1 Å². The lowest BCUT2D eigenvalue weighted by molar-refractivity contribution is 0.103. The smallest absolute Gasteiger partial charge is 0.361 e. The van der Waals surface area contributed by atoms with E-state index in [0.29, 0.717) is 11.5 Å². The molecule has 2 aromatic rings. The number of ketones is 1. The van der Waals surface area contributed by atoms with E-state index in [4.69, 9.17) is 18.5 Å². The molecule has 0 aromatic heterocycles. The molecule has 6 nitrogen and oxygen atoms in total. The van der Waals surface area contributed by atoms with Crippen molar-refractivity contribution >= 4 is 18.7 Å². The zero-order chi connectivity index (χ0) is 18.4. The van der Waals surface area contributed by atoms with Crippen LogP contribution in [0.25, 0.3) is 0 Å². The van der Waals surface area contributed by atoms with Crippen molar-refractivity contribution in [3.8, 4) is 11.5 Å². The zero-order valence-electron chi connectivity index (χ0n) is 14.6. The van der Waals surface area contributed by atoms with E-state index >= 15 is 0 Å². The maximum absolute atomic E-state index is 13.2. The van der Waals surface area contributed by atoms with Crippen LogP contribution in [0.1, 0.15) is 22.8 Å². The molecule has 0 spiro atoms. The van der Waals surface area contributed by atoms with Crippen molar-refractivity contribution in [1.29, 1.82) is 0 Å². The largest absolute Gasteiger partial charge is 0.496 e. The first-order chi connectivity index (χ1) is 12.0. The molecule has 0 fully saturated rings. The molecule has 0 aliphatic carbocycles. The van der Waals surface area contributed by atoms with Crippen molar-refractivity contribution in [1.82, 2.24) is 0 Å². The van der Waals surface area contributed by atoms with Gasteiger partial charge in [-0.25, -0.2) is 0 Å². The Morgan fingerprint density at radius 2 is 1.56 bits per heavy atom. The molecular weight excluding hydrogens is 343 g/mol. The Hall–Kier alpha value is -2.14. The summed E-state index contributed by atoms with van der Waals surface area (Å²) in [5, 5.41) is 0.206. The van der Waals surface area contributed by atoms with Crippen LogP contribution in [0, 0.1) is 0 Å². The van der Waals surface area contributed by atoms with Crippen LogP contribution < -0.4 is 14.8 Å². The topological polar surface area (TPSA) is 71.1 Å². The minimum Gasteiger partial charge on any atom is -0.496 e. The fourth-order valence-electron chi connectivity index (χ4n) is 2.50. The van der Waals surface area contributed by atoms with E-state index in [1.165, 1.54) is 21.3 Å². The van der Waals surface area contributed by atoms with E-state index in [0.717, 1.165) is 0 Å². The summed E-state index contributed by atoms with van der Waals surface area (Å²) in [7, 11) is 0.619. The molecular formula is C18H21O6P. The van der Waals surface area contributed by atoms with Gasteiger partial charge in [0.25, 0.3) is 0 Å². The SMILES string of the molecule is CCOP(=O)(OC)c1ccccc1C(=O)c1c(OC)cccc1OC. The molecule has 2 aromatic carbocycles. The van der Waals surface area contributed by atoms with E-state index in [1.807, 2.05) is 0 Å². The van der Waals surface area contributed by atoms with Crippen LogP contribution in [0.2, 0.25) is 0 Å². The maximum Gasteiger partial charge on any atom is 0.361 e. The molecule has 0 saturated carbocycles. The summed E-state index contributed by atoms with van der Waals surface area (Å²) in [6, 6.07) is 11.6. The average Bonchev–Trinajstić information content (AvgIpc) is 2.66. The van der Waals surface area contributed by atoms with Crippen LogP contribution in [0.4, 0.5) is 0 Å². The van der Waals surface area contributed by atoms with Gasteiger partial charge in [-0.3, -0.25) is 9.36 Å². The third kappa shape index (κ3) is 3.76. The Morgan fingerprint density at radius 1 is 0.960 bits per heavy atom. The van der Waals surface area contributed by atoms with Gasteiger partial charge in [0.1, 0.15) is 17.1 Å². The van der Waals surface area contributed by atoms with Gasteiger partial charge in [-0.05, 0) is 25.1 Å². The molecule has 0 bridgehead atoms. The lowest BCUT2D eigenvalue weighted by Crippen LogP contribution is -2.20. The quantitative estimate of drug-likeness (QED) is 0.528.